The summed E-state index contributed by atoms with van der Waals surface area (Å²) in [6, 6.07) is 9.76. The van der Waals surface area contributed by atoms with Crippen molar-refractivity contribution in [3.05, 3.63) is 58.0 Å². The molecule has 0 unspecified atom stereocenters. The summed E-state index contributed by atoms with van der Waals surface area (Å²) in [5, 5.41) is 10.7. The molecule has 1 aliphatic carbocycles. The molecule has 0 bridgehead atoms. The Balaban J connectivity index is 1.52. The maximum atomic E-state index is 13.3. The van der Waals surface area contributed by atoms with Gasteiger partial charge in [0.1, 0.15) is 5.82 Å². The summed E-state index contributed by atoms with van der Waals surface area (Å²) in [4.78, 5) is 25.8. The molecule has 140 valence electrons. The Morgan fingerprint density at radius 1 is 1.22 bits per heavy atom. The summed E-state index contributed by atoms with van der Waals surface area (Å²) in [6.45, 7) is -0.0752. The molecular formula is C20H20FN3O2S. The van der Waals surface area contributed by atoms with E-state index in [1.807, 2.05) is 17.5 Å². The van der Waals surface area contributed by atoms with E-state index in [2.05, 4.69) is 10.4 Å². The Bertz CT molecular complexity index is 860. The first kappa shape index (κ1) is 17.9. The van der Waals surface area contributed by atoms with E-state index in [-0.39, 0.29) is 36.1 Å². The molecule has 2 heterocycles. The predicted octanol–water partition coefficient (Wildman–Crippen LogP) is 3.48. The van der Waals surface area contributed by atoms with E-state index >= 15 is 0 Å². The molecule has 1 saturated carbocycles. The van der Waals surface area contributed by atoms with Crippen LogP contribution in [-0.4, -0.2) is 29.1 Å². The number of thiophene rings is 1. The first-order chi connectivity index (χ1) is 13.1. The predicted molar refractivity (Wildman–Crippen MR) is 102 cm³/mol. The molecule has 0 radical (unpaired) electrons. The van der Waals surface area contributed by atoms with Gasteiger partial charge in [0.05, 0.1) is 23.2 Å². The lowest BCUT2D eigenvalue weighted by atomic mass is 9.85. The molecule has 0 saturated heterocycles. The summed E-state index contributed by atoms with van der Waals surface area (Å²) >= 11 is 1.57. The number of rotatable bonds is 5. The summed E-state index contributed by atoms with van der Waals surface area (Å²) in [5.41, 5.74) is 1.66. The van der Waals surface area contributed by atoms with Crippen LogP contribution in [0.1, 0.15) is 42.2 Å². The van der Waals surface area contributed by atoms with Crippen LogP contribution in [0.25, 0.3) is 0 Å². The van der Waals surface area contributed by atoms with Crippen molar-refractivity contribution in [1.82, 2.24) is 10.3 Å². The average molecular weight is 385 g/mol. The van der Waals surface area contributed by atoms with Crippen molar-refractivity contribution < 1.29 is 14.0 Å². The molecule has 0 spiro atoms. The summed E-state index contributed by atoms with van der Waals surface area (Å²) in [5.74, 6) is -0.602. The second kappa shape index (κ2) is 7.60. The fourth-order valence-electron chi connectivity index (χ4n) is 3.33. The van der Waals surface area contributed by atoms with Gasteiger partial charge in [0, 0.05) is 12.3 Å². The van der Waals surface area contributed by atoms with Gasteiger partial charge in [0.15, 0.2) is 0 Å². The van der Waals surface area contributed by atoms with Crippen molar-refractivity contribution in [3.8, 4) is 0 Å². The highest BCUT2D eigenvalue weighted by Gasteiger charge is 2.34. The van der Waals surface area contributed by atoms with E-state index in [9.17, 15) is 14.0 Å². The molecule has 27 heavy (non-hydrogen) atoms. The highest BCUT2D eigenvalue weighted by Crippen LogP contribution is 2.34. The molecule has 2 amide bonds. The van der Waals surface area contributed by atoms with Crippen molar-refractivity contribution in [1.29, 1.82) is 0 Å². The van der Waals surface area contributed by atoms with Gasteiger partial charge >= 0.3 is 0 Å². The zero-order valence-corrected chi connectivity index (χ0v) is 15.5. The van der Waals surface area contributed by atoms with E-state index < -0.39 is 0 Å². The van der Waals surface area contributed by atoms with E-state index in [1.165, 1.54) is 17.1 Å². The maximum absolute atomic E-state index is 13.3. The van der Waals surface area contributed by atoms with Crippen molar-refractivity contribution in [2.45, 2.75) is 31.7 Å². The van der Waals surface area contributed by atoms with Crippen molar-refractivity contribution >= 4 is 28.9 Å². The fraction of sp³-hybridized carbons (Fsp3) is 0.350. The van der Waals surface area contributed by atoms with Crippen LogP contribution in [0.5, 0.6) is 0 Å². The molecule has 7 heteroatoms. The second-order valence-electron chi connectivity index (χ2n) is 6.88. The topological polar surface area (TPSA) is 61.8 Å². The molecule has 1 atom stereocenters. The lowest BCUT2D eigenvalue weighted by Crippen LogP contribution is -2.41. The number of hydrazone groups is 1. The lowest BCUT2D eigenvalue weighted by molar-refractivity contribution is -0.136. The van der Waals surface area contributed by atoms with E-state index in [4.69, 9.17) is 0 Å². The van der Waals surface area contributed by atoms with Gasteiger partial charge < -0.3 is 5.32 Å². The smallest absolute Gasteiger partial charge is 0.262 e. The highest BCUT2D eigenvalue weighted by atomic mass is 32.1. The maximum Gasteiger partial charge on any atom is 0.262 e. The molecule has 2 aliphatic rings. The highest BCUT2D eigenvalue weighted by molar-refractivity contribution is 7.12. The number of benzene rings is 1. The molecule has 1 aromatic carbocycles. The third kappa shape index (κ3) is 3.78. The fourth-order valence-corrected chi connectivity index (χ4v) is 4.06. The summed E-state index contributed by atoms with van der Waals surface area (Å²) in [6.07, 6.45) is 3.42. The zero-order valence-electron chi connectivity index (χ0n) is 14.7. The second-order valence-corrected chi connectivity index (χ2v) is 7.83. The van der Waals surface area contributed by atoms with Crippen LogP contribution < -0.4 is 5.32 Å². The minimum Gasteiger partial charge on any atom is -0.347 e. The summed E-state index contributed by atoms with van der Waals surface area (Å²) in [7, 11) is 0. The number of carbonyl (C=O) groups excluding carboxylic acids is 2. The molecule has 1 aromatic heterocycles. The third-order valence-corrected chi connectivity index (χ3v) is 6.03. The van der Waals surface area contributed by atoms with Crippen molar-refractivity contribution in [3.63, 3.8) is 0 Å². The van der Waals surface area contributed by atoms with Crippen LogP contribution in [0.15, 0.2) is 46.9 Å². The van der Waals surface area contributed by atoms with Crippen LogP contribution in [0.2, 0.25) is 0 Å². The number of hydrogen-bond acceptors (Lipinski definition) is 4. The molecular weight excluding hydrogens is 365 g/mol. The SMILES string of the molecule is O=C(NCC(=O)N1N=C(c2cccs2)C[C@H]1c1ccc(F)cc1)C1CCC1. The number of hydrogen-bond donors (Lipinski definition) is 1. The number of nitrogens with one attached hydrogen (secondary N) is 1. The summed E-state index contributed by atoms with van der Waals surface area (Å²) < 4.78 is 13.3. The monoisotopic (exact) mass is 385 g/mol. The van der Waals surface area contributed by atoms with Crippen LogP contribution >= 0.6 is 11.3 Å². The number of carbonyl (C=O) groups is 2. The van der Waals surface area contributed by atoms with Gasteiger partial charge in [-0.05, 0) is 42.0 Å². The van der Waals surface area contributed by atoms with E-state index in [1.54, 1.807) is 23.5 Å². The van der Waals surface area contributed by atoms with Gasteiger partial charge in [-0.2, -0.15) is 5.10 Å². The largest absolute Gasteiger partial charge is 0.347 e. The van der Waals surface area contributed by atoms with Gasteiger partial charge in [0.25, 0.3) is 5.91 Å². The normalized spacial score (nSPS) is 19.5. The van der Waals surface area contributed by atoms with Crippen molar-refractivity contribution in [2.24, 2.45) is 11.0 Å². The van der Waals surface area contributed by atoms with Gasteiger partial charge in [-0.1, -0.05) is 24.6 Å². The quantitative estimate of drug-likeness (QED) is 0.857. The number of amides is 2. The molecule has 5 nitrogen and oxygen atoms in total. The minimum atomic E-state index is -0.318. The zero-order chi connectivity index (χ0) is 18.8. The van der Waals surface area contributed by atoms with Crippen LogP contribution in [-0.2, 0) is 9.59 Å². The molecule has 1 fully saturated rings. The van der Waals surface area contributed by atoms with Gasteiger partial charge in [0.2, 0.25) is 5.91 Å². The van der Waals surface area contributed by atoms with Crippen LogP contribution in [0.3, 0.4) is 0 Å². The lowest BCUT2D eigenvalue weighted by Gasteiger charge is -2.25. The number of nitrogens with zero attached hydrogens (tertiary/aromatic N) is 2. The Kier molecular flexibility index (Phi) is 5.03. The van der Waals surface area contributed by atoms with Gasteiger partial charge in [-0.3, -0.25) is 9.59 Å². The Morgan fingerprint density at radius 2 is 2.00 bits per heavy atom. The van der Waals surface area contributed by atoms with E-state index in [0.717, 1.165) is 35.4 Å². The van der Waals surface area contributed by atoms with E-state index in [0.29, 0.717) is 6.42 Å². The molecule has 1 aliphatic heterocycles. The van der Waals surface area contributed by atoms with Crippen LogP contribution in [0.4, 0.5) is 4.39 Å². The Labute approximate surface area is 160 Å². The Hall–Kier alpha value is -2.54. The standard InChI is InChI=1S/C20H20FN3O2S/c21-15-8-6-13(7-9-15)17-11-16(18-5-2-10-27-18)23-24(17)19(25)12-22-20(26)14-3-1-4-14/h2,5-10,14,17H,1,3-4,11-12H2,(H,22,26)/t17-/m0/s1. The number of halogens is 1. The first-order valence-electron chi connectivity index (χ1n) is 9.08. The average Bonchev–Trinajstić information content (AvgIpc) is 3.28. The van der Waals surface area contributed by atoms with Crippen LogP contribution in [0, 0.1) is 11.7 Å². The first-order valence-corrected chi connectivity index (χ1v) is 9.96. The Morgan fingerprint density at radius 3 is 2.63 bits per heavy atom. The molecule has 4 rings (SSSR count). The molecule has 1 N–H and O–H groups in total. The van der Waals surface area contributed by atoms with Gasteiger partial charge in [-0.25, -0.2) is 9.40 Å². The van der Waals surface area contributed by atoms with Gasteiger partial charge in [-0.15, -0.1) is 11.3 Å². The molecule has 2 aromatic rings. The minimum absolute atomic E-state index is 0.0365. The third-order valence-electron chi connectivity index (χ3n) is 5.12. The van der Waals surface area contributed by atoms with Crippen molar-refractivity contribution in [2.75, 3.05) is 6.54 Å².